The molecule has 6 heteroatoms. The molecule has 2 aromatic carbocycles. The second kappa shape index (κ2) is 7.87. The van der Waals surface area contributed by atoms with Gasteiger partial charge in [0.25, 0.3) is 0 Å². The van der Waals surface area contributed by atoms with E-state index >= 15 is 0 Å². The van der Waals surface area contributed by atoms with Crippen molar-refractivity contribution >= 4 is 22.4 Å². The monoisotopic (exact) mass is 392 g/mol. The van der Waals surface area contributed by atoms with Crippen molar-refractivity contribution in [1.82, 2.24) is 9.97 Å². The molecule has 0 unspecified atom stereocenters. The van der Waals surface area contributed by atoms with E-state index in [1.807, 2.05) is 32.0 Å². The van der Waals surface area contributed by atoms with Crippen LogP contribution in [-0.4, -0.2) is 29.3 Å². The maximum atomic E-state index is 6.20. The number of nitrogens with one attached hydrogen (secondary N) is 1. The number of aromatic nitrogens is 2. The normalized spacial score (nSPS) is 17.4. The Morgan fingerprint density at radius 3 is 2.69 bits per heavy atom. The van der Waals surface area contributed by atoms with Crippen molar-refractivity contribution in [3.63, 3.8) is 0 Å². The van der Waals surface area contributed by atoms with Crippen LogP contribution in [0.15, 0.2) is 30.3 Å². The van der Waals surface area contributed by atoms with Crippen LogP contribution in [0.1, 0.15) is 41.9 Å². The van der Waals surface area contributed by atoms with Gasteiger partial charge in [0, 0.05) is 17.5 Å². The minimum Gasteiger partial charge on any atom is -0.488 e. The van der Waals surface area contributed by atoms with Crippen LogP contribution in [0.2, 0.25) is 0 Å². The SMILES string of the molecule is Cc1cc(N)cc([C@@H](C)Nc2nc(C)nc3cc(C)c(O[C@H]4CCOC4)cc23)c1. The molecule has 1 aromatic heterocycles. The Bertz CT molecular complexity index is 1020. The molecular formula is C23H28N4O2. The summed E-state index contributed by atoms with van der Waals surface area (Å²) in [5.41, 5.74) is 11.0. The third kappa shape index (κ3) is 4.27. The highest BCUT2D eigenvalue weighted by molar-refractivity contribution is 5.91. The molecule has 1 saturated heterocycles. The van der Waals surface area contributed by atoms with Gasteiger partial charge in [0.1, 0.15) is 23.5 Å². The fraction of sp³-hybridized carbons (Fsp3) is 0.391. The van der Waals surface area contributed by atoms with Crippen LogP contribution in [0.4, 0.5) is 11.5 Å². The lowest BCUT2D eigenvalue weighted by Crippen LogP contribution is -2.16. The van der Waals surface area contributed by atoms with Crippen LogP contribution in [0.25, 0.3) is 10.9 Å². The zero-order valence-corrected chi connectivity index (χ0v) is 17.5. The number of hydrogen-bond donors (Lipinski definition) is 2. The molecule has 2 atom stereocenters. The van der Waals surface area contributed by atoms with Crippen molar-refractivity contribution in [1.29, 1.82) is 0 Å². The van der Waals surface area contributed by atoms with Crippen molar-refractivity contribution in [2.45, 2.75) is 46.3 Å². The number of ether oxygens (including phenoxy) is 2. The second-order valence-corrected chi connectivity index (χ2v) is 7.90. The molecule has 6 nitrogen and oxygen atoms in total. The molecule has 2 heterocycles. The van der Waals surface area contributed by atoms with E-state index in [-0.39, 0.29) is 12.1 Å². The number of benzene rings is 2. The number of fused-ring (bicyclic) bond motifs is 1. The van der Waals surface area contributed by atoms with Gasteiger partial charge in [-0.3, -0.25) is 0 Å². The largest absolute Gasteiger partial charge is 0.488 e. The van der Waals surface area contributed by atoms with Crippen LogP contribution in [0.5, 0.6) is 5.75 Å². The molecule has 0 radical (unpaired) electrons. The van der Waals surface area contributed by atoms with Gasteiger partial charge in [-0.15, -0.1) is 0 Å². The summed E-state index contributed by atoms with van der Waals surface area (Å²) in [5.74, 6) is 2.39. The highest BCUT2D eigenvalue weighted by Gasteiger charge is 2.19. The van der Waals surface area contributed by atoms with E-state index in [0.717, 1.165) is 63.7 Å². The number of aryl methyl sites for hydroxylation is 3. The van der Waals surface area contributed by atoms with Gasteiger partial charge in [-0.25, -0.2) is 9.97 Å². The molecule has 3 aromatic rings. The zero-order valence-electron chi connectivity index (χ0n) is 17.5. The van der Waals surface area contributed by atoms with Gasteiger partial charge in [-0.2, -0.15) is 0 Å². The summed E-state index contributed by atoms with van der Waals surface area (Å²) in [5, 5.41) is 4.50. The van der Waals surface area contributed by atoms with E-state index in [1.165, 1.54) is 0 Å². The number of rotatable bonds is 5. The lowest BCUT2D eigenvalue weighted by Gasteiger charge is -2.19. The molecule has 4 rings (SSSR count). The van der Waals surface area contributed by atoms with Gasteiger partial charge in [-0.05, 0) is 68.7 Å². The smallest absolute Gasteiger partial charge is 0.138 e. The molecule has 1 aliphatic heterocycles. The minimum atomic E-state index is 0.0450. The van der Waals surface area contributed by atoms with Crippen LogP contribution in [0.3, 0.4) is 0 Å². The Morgan fingerprint density at radius 2 is 1.97 bits per heavy atom. The Balaban J connectivity index is 1.70. The molecular weight excluding hydrogens is 364 g/mol. The highest BCUT2D eigenvalue weighted by atomic mass is 16.5. The predicted octanol–water partition coefficient (Wildman–Crippen LogP) is 4.48. The molecule has 1 fully saturated rings. The number of hydrogen-bond acceptors (Lipinski definition) is 6. The molecule has 0 bridgehead atoms. The van der Waals surface area contributed by atoms with E-state index in [0.29, 0.717) is 6.61 Å². The van der Waals surface area contributed by atoms with E-state index in [4.69, 9.17) is 15.2 Å². The van der Waals surface area contributed by atoms with Crippen molar-refractivity contribution in [3.8, 4) is 5.75 Å². The maximum Gasteiger partial charge on any atom is 0.138 e. The highest BCUT2D eigenvalue weighted by Crippen LogP contribution is 2.32. The Morgan fingerprint density at radius 1 is 1.14 bits per heavy atom. The average Bonchev–Trinajstić information content (AvgIpc) is 3.15. The average molecular weight is 393 g/mol. The first-order valence-electron chi connectivity index (χ1n) is 10.1. The van der Waals surface area contributed by atoms with E-state index in [9.17, 15) is 0 Å². The molecule has 29 heavy (non-hydrogen) atoms. The van der Waals surface area contributed by atoms with E-state index < -0.39 is 0 Å². The molecule has 152 valence electrons. The Labute approximate surface area is 171 Å². The fourth-order valence-corrected chi connectivity index (χ4v) is 3.78. The van der Waals surface area contributed by atoms with E-state index in [1.54, 1.807) is 0 Å². The van der Waals surface area contributed by atoms with Crippen LogP contribution < -0.4 is 15.8 Å². The molecule has 1 aliphatic rings. The molecule has 0 aliphatic carbocycles. The predicted molar refractivity (Wildman–Crippen MR) is 116 cm³/mol. The van der Waals surface area contributed by atoms with Crippen molar-refractivity contribution in [3.05, 3.63) is 52.8 Å². The second-order valence-electron chi connectivity index (χ2n) is 7.90. The summed E-state index contributed by atoms with van der Waals surface area (Å²) in [6.07, 6.45) is 1.02. The third-order valence-corrected chi connectivity index (χ3v) is 5.26. The summed E-state index contributed by atoms with van der Waals surface area (Å²) < 4.78 is 11.6. The number of nitrogens with two attached hydrogens (primary N) is 1. The summed E-state index contributed by atoms with van der Waals surface area (Å²) in [6.45, 7) is 9.51. The van der Waals surface area contributed by atoms with Gasteiger partial charge in [0.2, 0.25) is 0 Å². The van der Waals surface area contributed by atoms with Gasteiger partial charge < -0.3 is 20.5 Å². The van der Waals surface area contributed by atoms with Gasteiger partial charge in [0.15, 0.2) is 0 Å². The number of nitrogen functional groups attached to an aromatic ring is 1. The first-order chi connectivity index (χ1) is 13.9. The zero-order chi connectivity index (χ0) is 20.5. The van der Waals surface area contributed by atoms with E-state index in [2.05, 4.69) is 41.3 Å². The molecule has 3 N–H and O–H groups in total. The topological polar surface area (TPSA) is 82.3 Å². The van der Waals surface area contributed by atoms with Crippen LogP contribution in [0, 0.1) is 20.8 Å². The lowest BCUT2D eigenvalue weighted by atomic mass is 10.0. The number of nitrogens with zero attached hydrogens (tertiary/aromatic N) is 2. The fourth-order valence-electron chi connectivity index (χ4n) is 3.78. The third-order valence-electron chi connectivity index (χ3n) is 5.26. The maximum absolute atomic E-state index is 6.20. The summed E-state index contributed by atoms with van der Waals surface area (Å²) in [6, 6.07) is 10.3. The first-order valence-corrected chi connectivity index (χ1v) is 10.1. The molecule has 0 saturated carbocycles. The minimum absolute atomic E-state index is 0.0450. The van der Waals surface area contributed by atoms with Crippen molar-refractivity contribution < 1.29 is 9.47 Å². The first kappa shape index (κ1) is 19.5. The van der Waals surface area contributed by atoms with Crippen molar-refractivity contribution in [2.24, 2.45) is 0 Å². The Hall–Kier alpha value is -2.86. The van der Waals surface area contributed by atoms with Crippen molar-refractivity contribution in [2.75, 3.05) is 24.3 Å². The summed E-state index contributed by atoms with van der Waals surface area (Å²) in [7, 11) is 0. The lowest BCUT2D eigenvalue weighted by molar-refractivity contribution is 0.141. The molecule has 0 amide bonds. The summed E-state index contributed by atoms with van der Waals surface area (Å²) >= 11 is 0. The Kier molecular flexibility index (Phi) is 5.28. The number of anilines is 2. The van der Waals surface area contributed by atoms with Gasteiger partial charge in [0.05, 0.1) is 24.8 Å². The molecule has 0 spiro atoms. The quantitative estimate of drug-likeness (QED) is 0.623. The van der Waals surface area contributed by atoms with Gasteiger partial charge >= 0.3 is 0 Å². The van der Waals surface area contributed by atoms with Crippen LogP contribution >= 0.6 is 0 Å². The van der Waals surface area contributed by atoms with Crippen LogP contribution in [-0.2, 0) is 4.74 Å². The standard InChI is InChI=1S/C23H28N4O2/c1-13-7-17(10-18(24)8-13)15(3)25-23-20-11-22(29-19-5-6-28-12-19)14(2)9-21(20)26-16(4)27-23/h7-11,15,19H,5-6,12,24H2,1-4H3,(H,25,26,27)/t15-,19+/m1/s1. The summed E-state index contributed by atoms with van der Waals surface area (Å²) in [4.78, 5) is 9.31. The van der Waals surface area contributed by atoms with Gasteiger partial charge in [-0.1, -0.05) is 6.07 Å².